The first-order valence-electron chi connectivity index (χ1n) is 6.54. The van der Waals surface area contributed by atoms with Crippen molar-refractivity contribution in [2.75, 3.05) is 0 Å². The molecule has 0 amide bonds. The van der Waals surface area contributed by atoms with Gasteiger partial charge in [0.2, 0.25) is 0 Å². The fourth-order valence-electron chi connectivity index (χ4n) is 1.21. The van der Waals surface area contributed by atoms with Crippen molar-refractivity contribution in [1.29, 1.82) is 0 Å². The topological polar surface area (TPSA) is 0 Å². The summed E-state index contributed by atoms with van der Waals surface area (Å²) in [5.74, 6) is 0. The number of halogens is 3. The van der Waals surface area contributed by atoms with Gasteiger partial charge in [-0.05, 0) is 0 Å². The summed E-state index contributed by atoms with van der Waals surface area (Å²) in [5, 5.41) is 0. The molecule has 8 heteroatoms. The van der Waals surface area contributed by atoms with E-state index in [2.05, 4.69) is 75.5 Å². The molecule has 3 aromatic rings. The molecule has 0 aliphatic rings. The van der Waals surface area contributed by atoms with Gasteiger partial charge in [0.1, 0.15) is 0 Å². The Kier molecular flexibility index (Phi) is 36.8. The summed E-state index contributed by atoms with van der Waals surface area (Å²) in [6.45, 7) is 0. The van der Waals surface area contributed by atoms with Gasteiger partial charge < -0.3 is 53.4 Å². The van der Waals surface area contributed by atoms with Crippen LogP contribution in [0.1, 0.15) is 0 Å². The molecule has 0 spiro atoms. The summed E-state index contributed by atoms with van der Waals surface area (Å²) >= 11 is 9.20. The molecule has 0 aromatic heterocycles. The van der Waals surface area contributed by atoms with Crippen molar-refractivity contribution in [2.24, 2.45) is 0 Å². The van der Waals surface area contributed by atoms with E-state index in [1.807, 2.05) is 91.0 Å². The Morgan fingerprint density at radius 2 is 0.615 bits per heavy atom. The average Bonchev–Trinajstić information content (AvgIpc) is 2.60. The molecule has 0 nitrogen and oxygen atoms in total. The van der Waals surface area contributed by atoms with Crippen LogP contribution in [0.2, 0.25) is 0 Å². The minimum atomic E-state index is 0. The van der Waals surface area contributed by atoms with Gasteiger partial charge in [0.25, 0.3) is 0 Å². The van der Waals surface area contributed by atoms with Gasteiger partial charge in [0.15, 0.2) is 0 Å². The average molecular weight is 859 g/mol. The predicted molar refractivity (Wildman–Crippen MR) is 97.6 cm³/mol. The summed E-state index contributed by atoms with van der Waals surface area (Å²) in [6.07, 6.45) is 0. The fourth-order valence-corrected chi connectivity index (χ4v) is 2.11. The van der Waals surface area contributed by atoms with E-state index in [1.165, 1.54) is 12.1 Å². The Labute approximate surface area is 229 Å². The molecule has 0 N–H and O–H groups in total. The maximum absolute atomic E-state index is 3.07. The first-order valence-corrected chi connectivity index (χ1v) is 11.5. The van der Waals surface area contributed by atoms with Gasteiger partial charge in [0, 0.05) is 0 Å². The zero-order chi connectivity index (χ0) is 17.3. The molecule has 0 fully saturated rings. The van der Waals surface area contributed by atoms with Gasteiger partial charge in [0.05, 0.1) is 0 Å². The van der Waals surface area contributed by atoms with Gasteiger partial charge >= 0.3 is 161 Å². The summed E-state index contributed by atoms with van der Waals surface area (Å²) in [7, 11) is 4.67. The van der Waals surface area contributed by atoms with Gasteiger partial charge in [-0.1, -0.05) is 0 Å². The molecular weight excluding hydrogens is 840 g/mol. The third-order valence-corrected chi connectivity index (χ3v) is 3.69. The molecule has 0 saturated heterocycles. The molecule has 0 saturated carbocycles. The molecule has 0 bridgehead atoms. The summed E-state index contributed by atoms with van der Waals surface area (Å²) in [4.78, 5) is 0. The summed E-state index contributed by atoms with van der Waals surface area (Å²) in [5.41, 5.74) is 0. The van der Waals surface area contributed by atoms with Crippen LogP contribution in [0.4, 0.5) is 0 Å². The Bertz CT molecular complexity index is 519. The van der Waals surface area contributed by atoms with Crippen molar-refractivity contribution in [3.63, 3.8) is 0 Å². The molecule has 3 aromatic carbocycles. The molecule has 2 unspecified atom stereocenters. The van der Waals surface area contributed by atoms with Crippen molar-refractivity contribution < 1.29 is 111 Å². The van der Waals surface area contributed by atoms with Crippen LogP contribution in [0.5, 0.6) is 0 Å². The van der Waals surface area contributed by atoms with Crippen LogP contribution < -0.4 is 65.5 Å². The van der Waals surface area contributed by atoms with Crippen LogP contribution in [0.25, 0.3) is 0 Å². The molecule has 0 radical (unpaired) electrons. The third-order valence-electron chi connectivity index (χ3n) is 2.14. The quantitative estimate of drug-likeness (QED) is 0.120. The first-order chi connectivity index (χ1) is 11.2. The normalized spacial score (nSPS) is 7.38. The zero-order valence-electron chi connectivity index (χ0n) is 13.4. The first kappa shape index (κ1) is 35.4. The van der Waals surface area contributed by atoms with E-state index in [1.54, 1.807) is 0 Å². The van der Waals surface area contributed by atoms with Crippen LogP contribution in [-0.4, -0.2) is 0 Å². The van der Waals surface area contributed by atoms with Gasteiger partial charge in [-0.3, -0.25) is 0 Å². The van der Waals surface area contributed by atoms with E-state index in [4.69, 9.17) is 0 Å². The van der Waals surface area contributed by atoms with Crippen LogP contribution in [0.3, 0.4) is 0 Å². The Hall–Kier alpha value is 2.01. The molecular formula is C18H19BrClIP2Pd3. The van der Waals surface area contributed by atoms with Crippen molar-refractivity contribution in [2.45, 2.75) is 0 Å². The van der Waals surface area contributed by atoms with Crippen LogP contribution in [0, 0.1) is 0 Å². The van der Waals surface area contributed by atoms with Crippen molar-refractivity contribution in [1.82, 2.24) is 0 Å². The predicted octanol–water partition coefficient (Wildman–Crippen LogP) is -5.76. The molecule has 152 valence electrons. The minimum absolute atomic E-state index is 0. The van der Waals surface area contributed by atoms with Crippen molar-refractivity contribution >= 4 is 30.0 Å². The number of rotatable bonds is 0. The second-order valence-corrected chi connectivity index (χ2v) is 6.47. The summed E-state index contributed by atoms with van der Waals surface area (Å²) in [6, 6.07) is 30.1. The van der Waals surface area contributed by atoms with Crippen LogP contribution >= 0.6 is 17.9 Å². The number of benzene rings is 3. The Balaban J connectivity index is -0.000000126. The standard InChI is InChI=1S/3C6H5.BrH.ClH.HI.H4P2.3Pd/c3*1-2-4-6-5-3-1;;;;1-2;;;/h3*1-5H;3*1H;1-2H2;;;/q;;;;;;;3*+1/p-3. The van der Waals surface area contributed by atoms with E-state index in [0.717, 1.165) is 0 Å². The van der Waals surface area contributed by atoms with Gasteiger partial charge in [-0.25, -0.2) is 0 Å². The fraction of sp³-hybridized carbons (Fsp3) is 0. The van der Waals surface area contributed by atoms with Gasteiger partial charge in [-0.15, -0.1) is 17.9 Å². The molecule has 0 aliphatic carbocycles. The molecule has 26 heavy (non-hydrogen) atoms. The van der Waals surface area contributed by atoms with E-state index in [0.29, 0.717) is 0 Å². The zero-order valence-corrected chi connectivity index (χ0v) is 24.9. The number of hydrogen-bond acceptors (Lipinski definition) is 0. The second-order valence-electron chi connectivity index (χ2n) is 3.78. The molecule has 0 aliphatic heterocycles. The SMILES string of the molecule is PP.[Br-].[Cl-].[I-].[Pd+][c]1ccccc1.[Pd+][c]1ccccc1.[Pd+][c]1ccccc1. The van der Waals surface area contributed by atoms with Crippen LogP contribution in [0.15, 0.2) is 91.0 Å². The van der Waals surface area contributed by atoms with Crippen molar-refractivity contribution in [3.8, 4) is 0 Å². The van der Waals surface area contributed by atoms with E-state index < -0.39 is 0 Å². The monoisotopic (exact) mass is 856 g/mol. The number of hydrogen-bond donors (Lipinski definition) is 0. The Morgan fingerprint density at radius 3 is 0.692 bits per heavy atom. The van der Waals surface area contributed by atoms with Crippen molar-refractivity contribution in [3.05, 3.63) is 91.0 Å². The molecule has 2 atom stereocenters. The third kappa shape index (κ3) is 24.0. The van der Waals surface area contributed by atoms with Gasteiger partial charge in [-0.2, -0.15) is 0 Å². The second kappa shape index (κ2) is 27.0. The van der Waals surface area contributed by atoms with E-state index in [9.17, 15) is 0 Å². The Morgan fingerprint density at radius 1 is 0.462 bits per heavy atom. The summed E-state index contributed by atoms with van der Waals surface area (Å²) < 4.78 is 3.52. The van der Waals surface area contributed by atoms with Crippen LogP contribution in [-0.2, 0) is 57.6 Å². The molecule has 3 rings (SSSR count). The maximum atomic E-state index is 3.07. The molecule has 0 heterocycles. The van der Waals surface area contributed by atoms with E-state index in [-0.39, 0.29) is 53.4 Å². The van der Waals surface area contributed by atoms with E-state index >= 15 is 0 Å².